The maximum absolute atomic E-state index is 11.9. The molecular formula is C20H20N4O2. The number of benzene rings is 2. The van der Waals surface area contributed by atoms with Crippen molar-refractivity contribution in [1.29, 1.82) is 0 Å². The summed E-state index contributed by atoms with van der Waals surface area (Å²) >= 11 is 0. The lowest BCUT2D eigenvalue weighted by molar-refractivity contribution is -0.117. The van der Waals surface area contributed by atoms with Crippen molar-refractivity contribution in [2.24, 2.45) is 5.73 Å². The first kappa shape index (κ1) is 17.6. The van der Waals surface area contributed by atoms with Gasteiger partial charge in [-0.25, -0.2) is 4.98 Å². The third kappa shape index (κ3) is 4.23. The summed E-state index contributed by atoms with van der Waals surface area (Å²) in [5.41, 5.74) is 7.70. The van der Waals surface area contributed by atoms with Crippen LogP contribution in [-0.2, 0) is 4.79 Å². The van der Waals surface area contributed by atoms with Gasteiger partial charge in [-0.05, 0) is 18.1 Å². The van der Waals surface area contributed by atoms with Crippen molar-refractivity contribution in [2.75, 3.05) is 5.32 Å². The topological polar surface area (TPSA) is 90.1 Å². The van der Waals surface area contributed by atoms with Crippen molar-refractivity contribution in [3.8, 4) is 22.8 Å². The molecule has 1 atom stereocenters. The molecule has 1 heterocycles. The average molecular weight is 348 g/mol. The van der Waals surface area contributed by atoms with E-state index >= 15 is 0 Å². The lowest BCUT2D eigenvalue weighted by Gasteiger charge is -2.12. The number of anilines is 1. The molecule has 3 N–H and O–H groups in total. The number of amides is 1. The van der Waals surface area contributed by atoms with Gasteiger partial charge < -0.3 is 10.5 Å². The van der Waals surface area contributed by atoms with Crippen LogP contribution in [0, 0.1) is 0 Å². The first-order valence-corrected chi connectivity index (χ1v) is 8.39. The highest BCUT2D eigenvalue weighted by Crippen LogP contribution is 2.32. The number of nitrogens with two attached hydrogens (primary N) is 1. The second-order valence-electron chi connectivity index (χ2n) is 5.69. The van der Waals surface area contributed by atoms with Gasteiger partial charge in [-0.1, -0.05) is 55.5 Å². The van der Waals surface area contributed by atoms with Crippen molar-refractivity contribution >= 4 is 11.9 Å². The van der Waals surface area contributed by atoms with Crippen LogP contribution in [0.2, 0.25) is 0 Å². The molecule has 0 fully saturated rings. The number of ether oxygens (including phenoxy) is 1. The summed E-state index contributed by atoms with van der Waals surface area (Å²) in [7, 11) is 0. The number of rotatable bonds is 6. The minimum absolute atomic E-state index is 0.161. The van der Waals surface area contributed by atoms with Crippen molar-refractivity contribution in [1.82, 2.24) is 9.97 Å². The maximum Gasteiger partial charge on any atom is 0.243 e. The molecule has 0 aliphatic heterocycles. The Balaban J connectivity index is 1.82. The lowest BCUT2D eigenvalue weighted by atomic mass is 10.1. The summed E-state index contributed by atoms with van der Waals surface area (Å²) in [5.74, 6) is 0.839. The molecule has 6 nitrogen and oxygen atoms in total. The van der Waals surface area contributed by atoms with Crippen LogP contribution in [0.25, 0.3) is 11.1 Å². The first-order valence-electron chi connectivity index (χ1n) is 8.39. The van der Waals surface area contributed by atoms with Gasteiger partial charge in [0.1, 0.15) is 5.75 Å². The van der Waals surface area contributed by atoms with E-state index in [2.05, 4.69) is 15.3 Å². The number of hydrogen-bond donors (Lipinski definition) is 2. The molecule has 0 saturated carbocycles. The summed E-state index contributed by atoms with van der Waals surface area (Å²) < 4.78 is 5.94. The van der Waals surface area contributed by atoms with Gasteiger partial charge in [-0.3, -0.25) is 10.1 Å². The third-order valence-corrected chi connectivity index (χ3v) is 3.83. The highest BCUT2D eigenvalue weighted by Gasteiger charge is 2.13. The van der Waals surface area contributed by atoms with Crippen LogP contribution >= 0.6 is 0 Å². The molecule has 6 heteroatoms. The molecule has 0 unspecified atom stereocenters. The summed E-state index contributed by atoms with van der Waals surface area (Å²) in [6.45, 7) is 1.84. The lowest BCUT2D eigenvalue weighted by Crippen LogP contribution is -2.35. The van der Waals surface area contributed by atoms with Gasteiger partial charge in [0, 0.05) is 17.8 Å². The SMILES string of the molecule is CC[C@@H](N)C(=O)Nc1nccc(Oc2ccccc2-c2ccccc2)n1. The number of carbonyl (C=O) groups is 1. The van der Waals surface area contributed by atoms with Crippen molar-refractivity contribution in [2.45, 2.75) is 19.4 Å². The zero-order valence-corrected chi connectivity index (χ0v) is 14.4. The van der Waals surface area contributed by atoms with Crippen LogP contribution in [0.15, 0.2) is 66.9 Å². The largest absolute Gasteiger partial charge is 0.438 e. The fourth-order valence-corrected chi connectivity index (χ4v) is 2.37. The molecule has 3 aromatic rings. The van der Waals surface area contributed by atoms with Crippen molar-refractivity contribution in [3.63, 3.8) is 0 Å². The Hall–Kier alpha value is -3.25. The van der Waals surface area contributed by atoms with Crippen LogP contribution in [0.1, 0.15) is 13.3 Å². The smallest absolute Gasteiger partial charge is 0.243 e. The monoisotopic (exact) mass is 348 g/mol. The molecule has 132 valence electrons. The molecule has 1 amide bonds. The molecule has 26 heavy (non-hydrogen) atoms. The third-order valence-electron chi connectivity index (χ3n) is 3.83. The summed E-state index contributed by atoms with van der Waals surface area (Å²) in [6.07, 6.45) is 2.06. The number of nitrogens with one attached hydrogen (secondary N) is 1. The number of nitrogens with zero attached hydrogens (tertiary/aromatic N) is 2. The highest BCUT2D eigenvalue weighted by atomic mass is 16.5. The Labute approximate surface area is 152 Å². The fourth-order valence-electron chi connectivity index (χ4n) is 2.37. The first-order chi connectivity index (χ1) is 12.7. The molecule has 2 aromatic carbocycles. The standard InChI is InChI=1S/C20H20N4O2/c1-2-16(21)19(25)24-20-22-13-12-18(23-20)26-17-11-7-6-10-15(17)14-8-4-3-5-9-14/h3-13,16H,2,21H2,1H3,(H,22,23,24,25)/t16-/m1/s1. The summed E-state index contributed by atoms with van der Waals surface area (Å²) in [6, 6.07) is 18.7. The molecule has 0 aliphatic rings. The van der Waals surface area contributed by atoms with E-state index in [4.69, 9.17) is 10.5 Å². The van der Waals surface area contributed by atoms with E-state index in [9.17, 15) is 4.79 Å². The average Bonchev–Trinajstić information content (AvgIpc) is 2.68. The molecule has 0 saturated heterocycles. The Morgan fingerprint density at radius 2 is 1.85 bits per heavy atom. The molecule has 1 aromatic heterocycles. The van der Waals surface area contributed by atoms with Crippen molar-refractivity contribution < 1.29 is 9.53 Å². The van der Waals surface area contributed by atoms with E-state index in [0.717, 1.165) is 11.1 Å². The second kappa shape index (κ2) is 8.22. The van der Waals surface area contributed by atoms with Crippen molar-refractivity contribution in [3.05, 3.63) is 66.9 Å². The number of hydrogen-bond acceptors (Lipinski definition) is 5. The van der Waals surface area contributed by atoms with Crippen LogP contribution in [0.5, 0.6) is 11.6 Å². The fraction of sp³-hybridized carbons (Fsp3) is 0.150. The predicted octanol–water partition coefficient (Wildman–Crippen LogP) is 3.61. The molecular weight excluding hydrogens is 328 g/mol. The van der Waals surface area contributed by atoms with Gasteiger partial charge >= 0.3 is 0 Å². The maximum atomic E-state index is 11.9. The Kier molecular flexibility index (Phi) is 5.56. The second-order valence-corrected chi connectivity index (χ2v) is 5.69. The van der Waals surface area contributed by atoms with Crippen LogP contribution in [0.4, 0.5) is 5.95 Å². The number of para-hydroxylation sites is 1. The molecule has 0 bridgehead atoms. The Morgan fingerprint density at radius 1 is 1.12 bits per heavy atom. The van der Waals surface area contributed by atoms with E-state index in [1.54, 1.807) is 6.07 Å². The normalized spacial score (nSPS) is 11.6. The van der Waals surface area contributed by atoms with Gasteiger partial charge in [-0.2, -0.15) is 4.98 Å². The van der Waals surface area contributed by atoms with E-state index in [0.29, 0.717) is 18.1 Å². The zero-order valence-electron chi connectivity index (χ0n) is 14.4. The highest BCUT2D eigenvalue weighted by molar-refractivity contribution is 5.93. The summed E-state index contributed by atoms with van der Waals surface area (Å²) in [5, 5.41) is 2.60. The van der Waals surface area contributed by atoms with E-state index in [-0.39, 0.29) is 11.9 Å². The molecule has 0 spiro atoms. The minimum atomic E-state index is -0.595. The minimum Gasteiger partial charge on any atom is -0.438 e. The number of aromatic nitrogens is 2. The van der Waals surface area contributed by atoms with E-state index < -0.39 is 6.04 Å². The van der Waals surface area contributed by atoms with Gasteiger partial charge in [0.25, 0.3) is 0 Å². The Bertz CT molecular complexity index is 884. The molecule has 3 rings (SSSR count). The van der Waals surface area contributed by atoms with Gasteiger partial charge in [0.05, 0.1) is 6.04 Å². The van der Waals surface area contributed by atoms with Crippen LogP contribution in [0.3, 0.4) is 0 Å². The Morgan fingerprint density at radius 3 is 2.62 bits per heavy atom. The molecule has 0 radical (unpaired) electrons. The quantitative estimate of drug-likeness (QED) is 0.710. The molecule has 0 aliphatic carbocycles. The van der Waals surface area contributed by atoms with E-state index in [1.165, 1.54) is 6.20 Å². The van der Waals surface area contributed by atoms with Crippen LogP contribution < -0.4 is 15.8 Å². The predicted molar refractivity (Wildman–Crippen MR) is 101 cm³/mol. The van der Waals surface area contributed by atoms with Gasteiger partial charge in [0.2, 0.25) is 17.7 Å². The van der Waals surface area contributed by atoms with Crippen LogP contribution in [-0.4, -0.2) is 21.9 Å². The van der Waals surface area contributed by atoms with Gasteiger partial charge in [0.15, 0.2) is 0 Å². The number of carbonyl (C=O) groups excluding carboxylic acids is 1. The van der Waals surface area contributed by atoms with E-state index in [1.807, 2.05) is 61.5 Å². The summed E-state index contributed by atoms with van der Waals surface area (Å²) in [4.78, 5) is 20.2. The zero-order chi connectivity index (χ0) is 18.4. The van der Waals surface area contributed by atoms with Gasteiger partial charge in [-0.15, -0.1) is 0 Å².